The number of carbonyl (C=O) groups excluding carboxylic acids is 2. The lowest BCUT2D eigenvalue weighted by Gasteiger charge is -2.32. The van der Waals surface area contributed by atoms with Crippen molar-refractivity contribution >= 4 is 11.9 Å². The fourth-order valence-corrected chi connectivity index (χ4v) is 1.33. The Morgan fingerprint density at radius 3 is 1.79 bits per heavy atom. The van der Waals surface area contributed by atoms with E-state index in [-0.39, 0.29) is 6.10 Å². The van der Waals surface area contributed by atoms with Gasteiger partial charge in [0.2, 0.25) is 0 Å². The number of hydrogen-bond acceptors (Lipinski definition) is 5. The Bertz CT molecular complexity index is 205. The van der Waals surface area contributed by atoms with Gasteiger partial charge in [0, 0.05) is 24.8 Å². The number of carboxylic acid groups (broad SMARTS) is 2. The normalized spacial score (nSPS) is 11.7. The summed E-state index contributed by atoms with van der Waals surface area (Å²) >= 11 is 0. The van der Waals surface area contributed by atoms with E-state index in [1.54, 1.807) is 13.8 Å². The van der Waals surface area contributed by atoms with Crippen molar-refractivity contribution in [2.75, 3.05) is 0 Å². The molecule has 0 aromatic carbocycles. The van der Waals surface area contributed by atoms with E-state index in [4.69, 9.17) is 4.74 Å². The van der Waals surface area contributed by atoms with Crippen LogP contribution >= 0.6 is 0 Å². The van der Waals surface area contributed by atoms with Gasteiger partial charge in [0.05, 0.1) is 11.7 Å². The van der Waals surface area contributed by atoms with E-state index in [0.29, 0.717) is 0 Å². The molecule has 0 unspecified atom stereocenters. The number of carbonyl (C=O) groups is 2. The van der Waals surface area contributed by atoms with Crippen LogP contribution in [0.3, 0.4) is 0 Å². The second-order valence-corrected chi connectivity index (χ2v) is 3.71. The van der Waals surface area contributed by atoms with Gasteiger partial charge >= 0.3 is 0 Å². The fourth-order valence-electron chi connectivity index (χ4n) is 1.33. The van der Waals surface area contributed by atoms with E-state index in [9.17, 15) is 19.8 Å². The van der Waals surface area contributed by atoms with Crippen LogP contribution in [0.25, 0.3) is 0 Å². The van der Waals surface area contributed by atoms with Crippen LogP contribution in [-0.4, -0.2) is 23.6 Å². The Morgan fingerprint density at radius 1 is 1.21 bits per heavy atom. The molecule has 0 aliphatic heterocycles. The van der Waals surface area contributed by atoms with Gasteiger partial charge in [-0.1, -0.05) is 0 Å². The third-order valence-electron chi connectivity index (χ3n) is 1.56. The van der Waals surface area contributed by atoms with Gasteiger partial charge in [-0.05, 0) is 20.8 Å². The first-order valence-corrected chi connectivity index (χ1v) is 4.33. The monoisotopic (exact) mass is 202 g/mol. The Labute approximate surface area is 82.7 Å². The van der Waals surface area contributed by atoms with Crippen molar-refractivity contribution < 1.29 is 24.5 Å². The lowest BCUT2D eigenvalue weighted by molar-refractivity contribution is -0.316. The zero-order valence-electron chi connectivity index (χ0n) is 8.53. The van der Waals surface area contributed by atoms with Gasteiger partial charge in [-0.15, -0.1) is 0 Å². The average molecular weight is 202 g/mol. The van der Waals surface area contributed by atoms with E-state index in [1.807, 2.05) is 0 Å². The molecule has 0 radical (unpaired) electrons. The molecule has 0 bridgehead atoms. The molecule has 0 aliphatic rings. The third-order valence-corrected chi connectivity index (χ3v) is 1.56. The number of aliphatic carboxylic acids is 2. The molecule has 0 aromatic rings. The highest BCUT2D eigenvalue weighted by Crippen LogP contribution is 2.21. The molecule has 5 heteroatoms. The number of ether oxygens (including phenoxy) is 1. The fraction of sp³-hybridized carbons (Fsp3) is 0.778. The van der Waals surface area contributed by atoms with Crippen LogP contribution < -0.4 is 10.2 Å². The molecule has 0 heterocycles. The van der Waals surface area contributed by atoms with E-state index >= 15 is 0 Å². The number of rotatable bonds is 6. The van der Waals surface area contributed by atoms with E-state index in [2.05, 4.69) is 0 Å². The summed E-state index contributed by atoms with van der Waals surface area (Å²) in [7, 11) is 0. The Morgan fingerprint density at radius 2 is 1.57 bits per heavy atom. The molecule has 0 rings (SSSR count). The summed E-state index contributed by atoms with van der Waals surface area (Å²) in [6.45, 7) is 4.81. The lowest BCUT2D eigenvalue weighted by Crippen LogP contribution is -2.43. The summed E-state index contributed by atoms with van der Waals surface area (Å²) in [6.07, 6.45) is -1.17. The summed E-state index contributed by atoms with van der Waals surface area (Å²) in [5.74, 6) is -2.68. The van der Waals surface area contributed by atoms with Crippen molar-refractivity contribution in [2.45, 2.75) is 45.3 Å². The summed E-state index contributed by atoms with van der Waals surface area (Å²) < 4.78 is 5.22. The van der Waals surface area contributed by atoms with Crippen molar-refractivity contribution in [2.24, 2.45) is 0 Å². The highest BCUT2D eigenvalue weighted by molar-refractivity contribution is 5.70. The van der Waals surface area contributed by atoms with Crippen LogP contribution in [0.2, 0.25) is 0 Å². The number of carboxylic acids is 2. The molecule has 0 spiro atoms. The van der Waals surface area contributed by atoms with Crippen molar-refractivity contribution in [1.29, 1.82) is 0 Å². The molecule has 0 amide bonds. The lowest BCUT2D eigenvalue weighted by atomic mass is 9.97. The molecule has 0 saturated heterocycles. The van der Waals surface area contributed by atoms with Gasteiger partial charge in [-0.3, -0.25) is 0 Å². The van der Waals surface area contributed by atoms with E-state index in [0.717, 1.165) is 0 Å². The predicted octanol–water partition coefficient (Wildman–Crippen LogP) is -1.55. The molecule has 0 N–H and O–H groups in total. The molecule has 14 heavy (non-hydrogen) atoms. The molecule has 0 aromatic heterocycles. The molecule has 0 aliphatic carbocycles. The summed E-state index contributed by atoms with van der Waals surface area (Å²) in [5, 5.41) is 20.7. The maximum absolute atomic E-state index is 10.4. The molecule has 0 fully saturated rings. The number of hydrogen-bond donors (Lipinski definition) is 0. The summed E-state index contributed by atoms with van der Waals surface area (Å²) in [6, 6.07) is 0. The highest BCUT2D eigenvalue weighted by atomic mass is 16.5. The standard InChI is InChI=1S/C9H16O5/c1-6(2)14-9(3,4-7(10)11)5-8(12)13/h6H,4-5H2,1-3H3,(H,10,11)(H,12,13)/p-2. The molecule has 0 atom stereocenters. The smallest absolute Gasteiger partial charge is 0.0761 e. The van der Waals surface area contributed by atoms with Crippen molar-refractivity contribution in [3.05, 3.63) is 0 Å². The minimum absolute atomic E-state index is 0.251. The SMILES string of the molecule is CC(C)OC(C)(CC(=O)[O-])CC(=O)[O-]. The first kappa shape index (κ1) is 12.9. The molecular weight excluding hydrogens is 188 g/mol. The zero-order valence-corrected chi connectivity index (χ0v) is 8.53. The van der Waals surface area contributed by atoms with Crippen LogP contribution in [0, 0.1) is 0 Å². The van der Waals surface area contributed by atoms with Crippen LogP contribution in [0.4, 0.5) is 0 Å². The maximum Gasteiger partial charge on any atom is 0.0761 e. The van der Waals surface area contributed by atoms with Crippen LogP contribution in [0.1, 0.15) is 33.6 Å². The first-order valence-electron chi connectivity index (χ1n) is 4.33. The second kappa shape index (κ2) is 4.95. The van der Waals surface area contributed by atoms with E-state index < -0.39 is 30.4 Å². The largest absolute Gasteiger partial charge is 0.550 e. The minimum Gasteiger partial charge on any atom is -0.550 e. The average Bonchev–Trinajstić information content (AvgIpc) is 1.76. The predicted molar refractivity (Wildman–Crippen MR) is 43.9 cm³/mol. The van der Waals surface area contributed by atoms with Gasteiger partial charge in [-0.2, -0.15) is 0 Å². The quantitative estimate of drug-likeness (QED) is 0.520. The maximum atomic E-state index is 10.4. The first-order chi connectivity index (χ1) is 6.25. The van der Waals surface area contributed by atoms with Gasteiger partial charge < -0.3 is 24.5 Å². The van der Waals surface area contributed by atoms with Crippen LogP contribution in [-0.2, 0) is 14.3 Å². The van der Waals surface area contributed by atoms with Crippen molar-refractivity contribution in [3.63, 3.8) is 0 Å². The van der Waals surface area contributed by atoms with Crippen molar-refractivity contribution in [3.8, 4) is 0 Å². The summed E-state index contributed by atoms with van der Waals surface area (Å²) in [5.41, 5.74) is -1.26. The highest BCUT2D eigenvalue weighted by Gasteiger charge is 2.26. The van der Waals surface area contributed by atoms with Crippen LogP contribution in [0.5, 0.6) is 0 Å². The van der Waals surface area contributed by atoms with Gasteiger partial charge in [0.25, 0.3) is 0 Å². The Kier molecular flexibility index (Phi) is 4.56. The molecule has 82 valence electrons. The van der Waals surface area contributed by atoms with Crippen LogP contribution in [0.15, 0.2) is 0 Å². The van der Waals surface area contributed by atoms with Gasteiger partial charge in [0.1, 0.15) is 0 Å². The Hall–Kier alpha value is -1.10. The van der Waals surface area contributed by atoms with Gasteiger partial charge in [0.15, 0.2) is 0 Å². The Balaban J connectivity index is 4.48. The zero-order chi connectivity index (χ0) is 11.4. The van der Waals surface area contributed by atoms with Gasteiger partial charge in [-0.25, -0.2) is 0 Å². The molecular formula is C9H14O5-2. The minimum atomic E-state index is -1.34. The second-order valence-electron chi connectivity index (χ2n) is 3.71. The molecule has 0 saturated carbocycles. The van der Waals surface area contributed by atoms with Crippen molar-refractivity contribution in [1.82, 2.24) is 0 Å². The molecule has 5 nitrogen and oxygen atoms in total. The topological polar surface area (TPSA) is 89.5 Å². The van der Waals surface area contributed by atoms with E-state index in [1.165, 1.54) is 6.92 Å². The summed E-state index contributed by atoms with van der Waals surface area (Å²) in [4.78, 5) is 20.7. The third kappa shape index (κ3) is 5.53.